The summed E-state index contributed by atoms with van der Waals surface area (Å²) in [5.41, 5.74) is 0. The summed E-state index contributed by atoms with van der Waals surface area (Å²) in [4.78, 5) is 12.8. The summed E-state index contributed by atoms with van der Waals surface area (Å²) in [5, 5.41) is 12.1. The van der Waals surface area contributed by atoms with Gasteiger partial charge >= 0.3 is 6.03 Å². The molecule has 0 aliphatic carbocycles. The van der Waals surface area contributed by atoms with Gasteiger partial charge in [0.2, 0.25) is 0 Å². The number of aliphatic hydroxyl groups is 1. The molecule has 17 heavy (non-hydrogen) atoms. The molecule has 1 atom stereocenters. The van der Waals surface area contributed by atoms with Crippen LogP contribution in [0.25, 0.3) is 0 Å². The quantitative estimate of drug-likeness (QED) is 0.427. The monoisotopic (exact) mass is 244 g/mol. The van der Waals surface area contributed by atoms with Gasteiger partial charge in [0, 0.05) is 19.6 Å². The predicted molar refractivity (Wildman–Crippen MR) is 62.8 cm³/mol. The highest BCUT2D eigenvalue weighted by molar-refractivity contribution is 5.76. The molecule has 0 aromatic rings. The lowest BCUT2D eigenvalue weighted by atomic mass is 10.4. The van der Waals surface area contributed by atoms with Crippen molar-refractivity contribution in [2.75, 3.05) is 46.1 Å². The first-order valence-corrected chi connectivity index (χ1v) is 5.71. The van der Waals surface area contributed by atoms with E-state index in [9.17, 15) is 9.90 Å². The molecule has 1 aliphatic rings. The van der Waals surface area contributed by atoms with Crippen LogP contribution in [0.15, 0.2) is 12.7 Å². The van der Waals surface area contributed by atoms with Gasteiger partial charge in [-0.1, -0.05) is 6.08 Å². The van der Waals surface area contributed by atoms with E-state index in [1.807, 2.05) is 0 Å². The van der Waals surface area contributed by atoms with Crippen LogP contribution in [0.3, 0.4) is 0 Å². The molecule has 1 aliphatic heterocycles. The van der Waals surface area contributed by atoms with E-state index < -0.39 is 6.10 Å². The van der Waals surface area contributed by atoms with Crippen LogP contribution < -0.4 is 5.32 Å². The Bertz CT molecular complexity index is 248. The molecule has 6 nitrogen and oxygen atoms in total. The van der Waals surface area contributed by atoms with Gasteiger partial charge in [-0.15, -0.1) is 6.58 Å². The Morgan fingerprint density at radius 3 is 2.94 bits per heavy atom. The first-order chi connectivity index (χ1) is 8.24. The fourth-order valence-electron chi connectivity index (χ4n) is 1.45. The molecule has 2 amide bonds. The van der Waals surface area contributed by atoms with E-state index in [4.69, 9.17) is 9.47 Å². The molecule has 0 aromatic heterocycles. The predicted octanol–water partition coefficient (Wildman–Crippen LogP) is -0.408. The van der Waals surface area contributed by atoms with Crippen LogP contribution in [0, 0.1) is 0 Å². The number of aliphatic hydroxyl groups excluding tert-OH is 1. The van der Waals surface area contributed by atoms with E-state index >= 15 is 0 Å². The largest absolute Gasteiger partial charge is 0.388 e. The molecule has 6 heteroatoms. The van der Waals surface area contributed by atoms with Gasteiger partial charge in [-0.3, -0.25) is 0 Å². The maximum Gasteiger partial charge on any atom is 0.317 e. The van der Waals surface area contributed by atoms with E-state index in [1.165, 1.54) is 0 Å². The summed E-state index contributed by atoms with van der Waals surface area (Å²) in [7, 11) is 0. The first-order valence-electron chi connectivity index (χ1n) is 5.71. The van der Waals surface area contributed by atoms with Gasteiger partial charge in [-0.2, -0.15) is 0 Å². The molecule has 0 spiro atoms. The minimum Gasteiger partial charge on any atom is -0.388 e. The summed E-state index contributed by atoms with van der Waals surface area (Å²) in [6.45, 7) is 6.75. The van der Waals surface area contributed by atoms with E-state index in [2.05, 4.69) is 11.9 Å². The number of carbonyl (C=O) groups excluding carboxylic acids is 1. The van der Waals surface area contributed by atoms with Crippen LogP contribution in [0.2, 0.25) is 0 Å². The summed E-state index contributed by atoms with van der Waals surface area (Å²) in [6, 6.07) is -0.0523. The molecule has 0 saturated carbocycles. The van der Waals surface area contributed by atoms with Crippen molar-refractivity contribution in [3.05, 3.63) is 12.7 Å². The van der Waals surface area contributed by atoms with Gasteiger partial charge in [-0.05, 0) is 0 Å². The average molecular weight is 244 g/mol. The second-order valence-corrected chi connectivity index (χ2v) is 3.77. The number of hydrogen-bond donors (Lipinski definition) is 2. The number of amides is 2. The molecule has 0 bridgehead atoms. The molecule has 1 fully saturated rings. The highest BCUT2D eigenvalue weighted by Crippen LogP contribution is 1.96. The lowest BCUT2D eigenvalue weighted by Crippen LogP contribution is -2.32. The molecule has 0 radical (unpaired) electrons. The Hall–Kier alpha value is -1.11. The average Bonchev–Trinajstić information content (AvgIpc) is 2.71. The third kappa shape index (κ3) is 5.67. The Morgan fingerprint density at radius 2 is 2.29 bits per heavy atom. The van der Waals surface area contributed by atoms with Gasteiger partial charge in [0.05, 0.1) is 26.4 Å². The fourth-order valence-corrected chi connectivity index (χ4v) is 1.45. The van der Waals surface area contributed by atoms with Crippen LogP contribution in [0.4, 0.5) is 4.79 Å². The summed E-state index contributed by atoms with van der Waals surface area (Å²) < 4.78 is 10.3. The van der Waals surface area contributed by atoms with Crippen molar-refractivity contribution in [2.24, 2.45) is 0 Å². The normalized spacial score (nSPS) is 17.0. The zero-order valence-corrected chi connectivity index (χ0v) is 9.93. The summed E-state index contributed by atoms with van der Waals surface area (Å²) in [6.07, 6.45) is 0.988. The van der Waals surface area contributed by atoms with Crippen molar-refractivity contribution in [3.8, 4) is 0 Å². The standard InChI is InChI=1S/C11H20N2O4/c1-2-6-16-8-10(14)9-17-7-5-13-4-3-12-11(13)15/h2,10,14H,1,3-9H2,(H,12,15). The number of nitrogens with zero attached hydrogens (tertiary/aromatic N) is 1. The minimum absolute atomic E-state index is 0.0523. The maximum absolute atomic E-state index is 11.2. The number of carbonyl (C=O) groups is 1. The molecule has 98 valence electrons. The molecule has 1 unspecified atom stereocenters. The Labute approximate surface area is 101 Å². The zero-order chi connectivity index (χ0) is 12.5. The van der Waals surface area contributed by atoms with Crippen LogP contribution >= 0.6 is 0 Å². The second kappa shape index (κ2) is 8.05. The molecular formula is C11H20N2O4. The van der Waals surface area contributed by atoms with Gasteiger partial charge < -0.3 is 24.8 Å². The third-order valence-corrected chi connectivity index (χ3v) is 2.31. The van der Waals surface area contributed by atoms with Crippen LogP contribution in [-0.4, -0.2) is 68.2 Å². The van der Waals surface area contributed by atoms with E-state index in [1.54, 1.807) is 11.0 Å². The zero-order valence-electron chi connectivity index (χ0n) is 9.93. The highest BCUT2D eigenvalue weighted by Gasteiger charge is 2.18. The van der Waals surface area contributed by atoms with Gasteiger partial charge in [0.1, 0.15) is 6.10 Å². The summed E-state index contributed by atoms with van der Waals surface area (Å²) >= 11 is 0. The lowest BCUT2D eigenvalue weighted by molar-refractivity contribution is -0.0149. The van der Waals surface area contributed by atoms with Crippen molar-refractivity contribution >= 4 is 6.03 Å². The number of hydrogen-bond acceptors (Lipinski definition) is 4. The minimum atomic E-state index is -0.637. The van der Waals surface area contributed by atoms with Crippen LogP contribution in [-0.2, 0) is 9.47 Å². The number of nitrogens with one attached hydrogen (secondary N) is 1. The van der Waals surface area contributed by atoms with Gasteiger partial charge in [-0.25, -0.2) is 4.79 Å². The van der Waals surface area contributed by atoms with E-state index in [0.717, 1.165) is 0 Å². The van der Waals surface area contributed by atoms with E-state index in [0.29, 0.717) is 32.8 Å². The highest BCUT2D eigenvalue weighted by atomic mass is 16.5. The maximum atomic E-state index is 11.2. The van der Waals surface area contributed by atoms with E-state index in [-0.39, 0.29) is 19.2 Å². The number of ether oxygens (including phenoxy) is 2. The van der Waals surface area contributed by atoms with Gasteiger partial charge in [0.15, 0.2) is 0 Å². The lowest BCUT2D eigenvalue weighted by Gasteiger charge is -2.15. The Balaban J connectivity index is 1.96. The van der Waals surface area contributed by atoms with Crippen molar-refractivity contribution < 1.29 is 19.4 Å². The SMILES string of the molecule is C=CCOCC(O)COCCN1CCNC1=O. The summed E-state index contributed by atoms with van der Waals surface area (Å²) in [5.74, 6) is 0. The van der Waals surface area contributed by atoms with Crippen molar-refractivity contribution in [1.82, 2.24) is 10.2 Å². The Kier molecular flexibility index (Phi) is 6.61. The van der Waals surface area contributed by atoms with Crippen molar-refractivity contribution in [1.29, 1.82) is 0 Å². The molecular weight excluding hydrogens is 224 g/mol. The second-order valence-electron chi connectivity index (χ2n) is 3.77. The van der Waals surface area contributed by atoms with Crippen molar-refractivity contribution in [3.63, 3.8) is 0 Å². The van der Waals surface area contributed by atoms with Crippen molar-refractivity contribution in [2.45, 2.75) is 6.10 Å². The molecule has 0 aromatic carbocycles. The molecule has 1 saturated heterocycles. The number of urea groups is 1. The van der Waals surface area contributed by atoms with Crippen LogP contribution in [0.1, 0.15) is 0 Å². The molecule has 1 heterocycles. The van der Waals surface area contributed by atoms with Gasteiger partial charge in [0.25, 0.3) is 0 Å². The topological polar surface area (TPSA) is 71.0 Å². The van der Waals surface area contributed by atoms with Crippen LogP contribution in [0.5, 0.6) is 0 Å². The third-order valence-electron chi connectivity index (χ3n) is 2.31. The smallest absolute Gasteiger partial charge is 0.317 e. The molecule has 1 rings (SSSR count). The molecule has 2 N–H and O–H groups in total. The fraction of sp³-hybridized carbons (Fsp3) is 0.727. The number of rotatable bonds is 9. The first kappa shape index (κ1) is 14.0. The Morgan fingerprint density at radius 1 is 1.53 bits per heavy atom.